The lowest BCUT2D eigenvalue weighted by molar-refractivity contribution is 0.277. The van der Waals surface area contributed by atoms with Crippen molar-refractivity contribution in [1.82, 2.24) is 0 Å². The Kier molecular flexibility index (Phi) is 6.77. The zero-order valence-corrected chi connectivity index (χ0v) is 13.6. The summed E-state index contributed by atoms with van der Waals surface area (Å²) in [5, 5.41) is 0.773. The van der Waals surface area contributed by atoms with Gasteiger partial charge >= 0.3 is 0 Å². The Balaban J connectivity index is 1.71. The standard InChI is InChI=1S/C17H19ClO2S/c1-2-19-16-6-3-4-7-17(16)20-12-5-13-21-15-10-8-14(18)9-11-15/h3-4,6-11H,2,5,12-13H2,1H3. The summed E-state index contributed by atoms with van der Waals surface area (Å²) < 4.78 is 11.3. The molecule has 0 saturated carbocycles. The Morgan fingerprint density at radius 1 is 0.952 bits per heavy atom. The fourth-order valence-electron chi connectivity index (χ4n) is 1.81. The smallest absolute Gasteiger partial charge is 0.161 e. The molecule has 0 aromatic heterocycles. The van der Waals surface area contributed by atoms with Crippen LogP contribution in [0.4, 0.5) is 0 Å². The van der Waals surface area contributed by atoms with E-state index in [0.29, 0.717) is 13.2 Å². The Morgan fingerprint density at radius 3 is 2.29 bits per heavy atom. The van der Waals surface area contributed by atoms with E-state index >= 15 is 0 Å². The third-order valence-corrected chi connectivity index (χ3v) is 4.13. The van der Waals surface area contributed by atoms with Crippen LogP contribution in [0.5, 0.6) is 11.5 Å². The first kappa shape index (κ1) is 16.1. The van der Waals surface area contributed by atoms with Crippen molar-refractivity contribution in [1.29, 1.82) is 0 Å². The summed E-state index contributed by atoms with van der Waals surface area (Å²) in [7, 11) is 0. The normalized spacial score (nSPS) is 10.4. The molecule has 2 aromatic carbocycles. The molecule has 0 heterocycles. The van der Waals surface area contributed by atoms with Crippen LogP contribution >= 0.6 is 23.4 Å². The van der Waals surface area contributed by atoms with Crippen LogP contribution in [-0.2, 0) is 0 Å². The lowest BCUT2D eigenvalue weighted by Gasteiger charge is -2.11. The first-order valence-corrected chi connectivity index (χ1v) is 8.39. The van der Waals surface area contributed by atoms with Crippen LogP contribution in [0.2, 0.25) is 5.02 Å². The van der Waals surface area contributed by atoms with E-state index < -0.39 is 0 Å². The molecule has 0 N–H and O–H groups in total. The molecule has 0 spiro atoms. The molecule has 0 amide bonds. The predicted octanol–water partition coefficient (Wildman–Crippen LogP) is 5.30. The molecule has 0 unspecified atom stereocenters. The maximum atomic E-state index is 5.86. The van der Waals surface area contributed by atoms with E-state index in [2.05, 4.69) is 0 Å². The second-order valence-electron chi connectivity index (χ2n) is 4.38. The first-order valence-electron chi connectivity index (χ1n) is 7.02. The van der Waals surface area contributed by atoms with Crippen molar-refractivity contribution < 1.29 is 9.47 Å². The summed E-state index contributed by atoms with van der Waals surface area (Å²) in [6.45, 7) is 3.30. The molecule has 0 aliphatic carbocycles. The number of ether oxygens (including phenoxy) is 2. The number of thioether (sulfide) groups is 1. The van der Waals surface area contributed by atoms with Gasteiger partial charge in [0.05, 0.1) is 13.2 Å². The Labute approximate surface area is 135 Å². The molecule has 0 aliphatic heterocycles. The second kappa shape index (κ2) is 8.85. The first-order chi connectivity index (χ1) is 10.3. The minimum absolute atomic E-state index is 0.646. The van der Waals surface area contributed by atoms with Crippen LogP contribution in [0.25, 0.3) is 0 Å². The highest BCUT2D eigenvalue weighted by atomic mass is 35.5. The number of benzene rings is 2. The molecule has 0 saturated heterocycles. The average molecular weight is 323 g/mol. The lowest BCUT2D eigenvalue weighted by Crippen LogP contribution is -2.01. The van der Waals surface area contributed by atoms with E-state index in [0.717, 1.165) is 28.7 Å². The summed E-state index contributed by atoms with van der Waals surface area (Å²) in [5.74, 6) is 2.64. The van der Waals surface area contributed by atoms with Gasteiger partial charge in [-0.25, -0.2) is 0 Å². The van der Waals surface area contributed by atoms with Gasteiger partial charge in [-0.05, 0) is 49.7 Å². The highest BCUT2D eigenvalue weighted by Crippen LogP contribution is 2.27. The third-order valence-electron chi connectivity index (χ3n) is 2.78. The molecule has 0 fully saturated rings. The van der Waals surface area contributed by atoms with E-state index in [-0.39, 0.29) is 0 Å². The number of hydrogen-bond donors (Lipinski definition) is 0. The minimum Gasteiger partial charge on any atom is -0.490 e. The fraction of sp³-hybridized carbons (Fsp3) is 0.294. The van der Waals surface area contributed by atoms with Crippen LogP contribution in [0.1, 0.15) is 13.3 Å². The molecular formula is C17H19ClO2S. The molecule has 0 radical (unpaired) electrons. The van der Waals surface area contributed by atoms with Crippen LogP contribution in [0.3, 0.4) is 0 Å². The topological polar surface area (TPSA) is 18.5 Å². The summed E-state index contributed by atoms with van der Waals surface area (Å²) >= 11 is 7.67. The van der Waals surface area contributed by atoms with Crippen molar-refractivity contribution >= 4 is 23.4 Å². The number of rotatable bonds is 8. The van der Waals surface area contributed by atoms with Gasteiger partial charge in [-0.3, -0.25) is 0 Å². The van der Waals surface area contributed by atoms with Crippen LogP contribution in [0.15, 0.2) is 53.4 Å². The van der Waals surface area contributed by atoms with Crippen molar-refractivity contribution in [2.24, 2.45) is 0 Å². The zero-order valence-electron chi connectivity index (χ0n) is 12.0. The summed E-state index contributed by atoms with van der Waals surface area (Å²) in [6, 6.07) is 15.7. The third kappa shape index (κ3) is 5.52. The van der Waals surface area contributed by atoms with Gasteiger partial charge < -0.3 is 9.47 Å². The summed E-state index contributed by atoms with van der Waals surface area (Å²) in [5.41, 5.74) is 0. The average Bonchev–Trinajstić information content (AvgIpc) is 2.51. The van der Waals surface area contributed by atoms with Crippen LogP contribution in [-0.4, -0.2) is 19.0 Å². The number of halogens is 1. The molecule has 0 atom stereocenters. The number of para-hydroxylation sites is 2. The van der Waals surface area contributed by atoms with E-state index in [9.17, 15) is 0 Å². The lowest BCUT2D eigenvalue weighted by atomic mass is 10.3. The van der Waals surface area contributed by atoms with Crippen molar-refractivity contribution in [2.45, 2.75) is 18.2 Å². The zero-order chi connectivity index (χ0) is 14.9. The van der Waals surface area contributed by atoms with E-state index in [1.54, 1.807) is 0 Å². The Bertz CT molecular complexity index is 543. The predicted molar refractivity (Wildman–Crippen MR) is 89.9 cm³/mol. The maximum Gasteiger partial charge on any atom is 0.161 e. The molecule has 0 aliphatic rings. The van der Waals surface area contributed by atoms with Gasteiger partial charge in [0.1, 0.15) is 0 Å². The summed E-state index contributed by atoms with van der Waals surface area (Å²) in [6.07, 6.45) is 0.980. The molecule has 2 aromatic rings. The monoisotopic (exact) mass is 322 g/mol. The van der Waals surface area contributed by atoms with Gasteiger partial charge in [0.15, 0.2) is 11.5 Å². The molecule has 0 bridgehead atoms. The maximum absolute atomic E-state index is 5.86. The molecule has 2 nitrogen and oxygen atoms in total. The van der Waals surface area contributed by atoms with E-state index in [4.69, 9.17) is 21.1 Å². The van der Waals surface area contributed by atoms with Crippen LogP contribution in [0, 0.1) is 0 Å². The van der Waals surface area contributed by atoms with Gasteiger partial charge in [0, 0.05) is 15.7 Å². The quantitative estimate of drug-likeness (QED) is 0.485. The molecule has 112 valence electrons. The van der Waals surface area contributed by atoms with Gasteiger partial charge in [-0.15, -0.1) is 11.8 Å². The molecule has 21 heavy (non-hydrogen) atoms. The van der Waals surface area contributed by atoms with Gasteiger partial charge in [0.2, 0.25) is 0 Å². The van der Waals surface area contributed by atoms with E-state index in [1.807, 2.05) is 67.2 Å². The number of hydrogen-bond acceptors (Lipinski definition) is 3. The molecule has 2 rings (SSSR count). The second-order valence-corrected chi connectivity index (χ2v) is 5.99. The molecule has 4 heteroatoms. The van der Waals surface area contributed by atoms with Crippen molar-refractivity contribution in [2.75, 3.05) is 19.0 Å². The SMILES string of the molecule is CCOc1ccccc1OCCCSc1ccc(Cl)cc1. The van der Waals surface area contributed by atoms with Gasteiger partial charge in [0.25, 0.3) is 0 Å². The van der Waals surface area contributed by atoms with Crippen LogP contribution < -0.4 is 9.47 Å². The Morgan fingerprint density at radius 2 is 1.62 bits per heavy atom. The van der Waals surface area contributed by atoms with Crippen molar-refractivity contribution in [3.63, 3.8) is 0 Å². The van der Waals surface area contributed by atoms with Gasteiger partial charge in [-0.2, -0.15) is 0 Å². The molecular weight excluding hydrogens is 304 g/mol. The largest absolute Gasteiger partial charge is 0.490 e. The summed E-state index contributed by atoms with van der Waals surface area (Å²) in [4.78, 5) is 1.23. The van der Waals surface area contributed by atoms with Crippen molar-refractivity contribution in [3.8, 4) is 11.5 Å². The van der Waals surface area contributed by atoms with E-state index in [1.165, 1.54) is 4.90 Å². The highest BCUT2D eigenvalue weighted by Gasteiger charge is 2.03. The van der Waals surface area contributed by atoms with Gasteiger partial charge in [-0.1, -0.05) is 23.7 Å². The minimum atomic E-state index is 0.646. The Hall–Kier alpha value is -1.32. The van der Waals surface area contributed by atoms with Crippen molar-refractivity contribution in [3.05, 3.63) is 53.6 Å². The fourth-order valence-corrected chi connectivity index (χ4v) is 2.76. The highest BCUT2D eigenvalue weighted by molar-refractivity contribution is 7.99.